The first-order valence-electron chi connectivity index (χ1n) is 5.04. The van der Waals surface area contributed by atoms with Gasteiger partial charge in [0.1, 0.15) is 6.67 Å². The lowest BCUT2D eigenvalue weighted by atomic mass is 10.2. The van der Waals surface area contributed by atoms with Crippen LogP contribution in [0.5, 0.6) is 0 Å². The van der Waals surface area contributed by atoms with Crippen molar-refractivity contribution in [2.75, 3.05) is 27.3 Å². The van der Waals surface area contributed by atoms with E-state index in [2.05, 4.69) is 39.8 Å². The summed E-state index contributed by atoms with van der Waals surface area (Å²) in [5.41, 5.74) is 0. The largest absolute Gasteiger partial charge is 0.313 e. The molecular formula is C10H23N2+. The molecule has 0 aliphatic carbocycles. The number of hydrogen-bond acceptors (Lipinski definition) is 1. The second-order valence-electron chi connectivity index (χ2n) is 4.80. The van der Waals surface area contributed by atoms with Gasteiger partial charge in [-0.1, -0.05) is 6.92 Å². The van der Waals surface area contributed by atoms with Crippen molar-refractivity contribution in [1.29, 1.82) is 0 Å². The van der Waals surface area contributed by atoms with Crippen LogP contribution in [0.25, 0.3) is 0 Å². The molecule has 0 aromatic carbocycles. The van der Waals surface area contributed by atoms with Gasteiger partial charge in [-0.05, 0) is 20.3 Å². The molecule has 1 rings (SSSR count). The Morgan fingerprint density at radius 1 is 1.50 bits per heavy atom. The molecule has 1 saturated heterocycles. The summed E-state index contributed by atoms with van der Waals surface area (Å²) in [4.78, 5) is 2.60. The minimum Gasteiger partial charge on any atom is -0.313 e. The molecule has 0 radical (unpaired) electrons. The minimum atomic E-state index is 0.757. The van der Waals surface area contributed by atoms with Crippen molar-refractivity contribution >= 4 is 0 Å². The highest BCUT2D eigenvalue weighted by atomic mass is 15.5. The molecule has 1 aliphatic rings. The van der Waals surface area contributed by atoms with Gasteiger partial charge in [-0.25, -0.2) is 4.90 Å². The average Bonchev–Trinajstić information content (AvgIpc) is 2.25. The van der Waals surface area contributed by atoms with Gasteiger partial charge in [-0.2, -0.15) is 0 Å². The van der Waals surface area contributed by atoms with E-state index < -0.39 is 0 Å². The number of nitrogens with zero attached hydrogens (tertiary/aromatic N) is 2. The maximum absolute atomic E-state index is 2.60. The lowest BCUT2D eigenvalue weighted by Crippen LogP contribution is -2.44. The minimum absolute atomic E-state index is 0.757. The fourth-order valence-electron chi connectivity index (χ4n) is 1.80. The molecule has 0 aromatic heterocycles. The third kappa shape index (κ3) is 1.80. The highest BCUT2D eigenvalue weighted by Gasteiger charge is 2.37. The Morgan fingerprint density at radius 2 is 2.08 bits per heavy atom. The van der Waals surface area contributed by atoms with Crippen LogP contribution < -0.4 is 0 Å². The normalized spacial score (nSPS) is 32.2. The first-order chi connectivity index (χ1) is 5.47. The van der Waals surface area contributed by atoms with E-state index in [1.165, 1.54) is 19.6 Å². The third-order valence-electron chi connectivity index (χ3n) is 3.45. The van der Waals surface area contributed by atoms with Crippen molar-refractivity contribution < 1.29 is 4.48 Å². The maximum Gasteiger partial charge on any atom is 0.135 e. The zero-order chi connectivity index (χ0) is 9.35. The van der Waals surface area contributed by atoms with E-state index in [0.29, 0.717) is 0 Å². The standard InChI is InChI=1S/C10H23N2/c1-6-9(2)11-7-10(3)12(4,5)8-11/h9-10H,6-8H2,1-5H3/q+1. The van der Waals surface area contributed by atoms with Crippen LogP contribution in [-0.2, 0) is 0 Å². The number of hydrogen-bond donors (Lipinski definition) is 0. The third-order valence-corrected chi connectivity index (χ3v) is 3.45. The number of quaternary nitrogens is 1. The van der Waals surface area contributed by atoms with E-state index in [4.69, 9.17) is 0 Å². The molecule has 1 aliphatic heterocycles. The highest BCUT2D eigenvalue weighted by Crippen LogP contribution is 2.20. The van der Waals surface area contributed by atoms with Gasteiger partial charge < -0.3 is 4.48 Å². The Balaban J connectivity index is 2.54. The summed E-state index contributed by atoms with van der Waals surface area (Å²) in [6.45, 7) is 9.44. The smallest absolute Gasteiger partial charge is 0.135 e. The Morgan fingerprint density at radius 3 is 2.42 bits per heavy atom. The molecule has 0 amide bonds. The van der Waals surface area contributed by atoms with Crippen molar-refractivity contribution in [1.82, 2.24) is 4.90 Å². The summed E-state index contributed by atoms with van der Waals surface area (Å²) < 4.78 is 1.16. The fraction of sp³-hybridized carbons (Fsp3) is 1.00. The summed E-state index contributed by atoms with van der Waals surface area (Å²) in [6, 6.07) is 1.55. The molecule has 2 nitrogen and oxygen atoms in total. The van der Waals surface area contributed by atoms with Crippen LogP contribution in [0.15, 0.2) is 0 Å². The molecule has 12 heavy (non-hydrogen) atoms. The van der Waals surface area contributed by atoms with E-state index in [-0.39, 0.29) is 0 Å². The monoisotopic (exact) mass is 171 g/mol. The Kier molecular flexibility index (Phi) is 2.79. The van der Waals surface area contributed by atoms with Gasteiger partial charge in [0.05, 0.1) is 26.7 Å². The van der Waals surface area contributed by atoms with Gasteiger partial charge in [0.15, 0.2) is 0 Å². The molecule has 0 bridgehead atoms. The maximum atomic E-state index is 2.60. The lowest BCUT2D eigenvalue weighted by Gasteiger charge is -2.29. The molecule has 1 heterocycles. The van der Waals surface area contributed by atoms with Gasteiger partial charge >= 0.3 is 0 Å². The van der Waals surface area contributed by atoms with E-state index in [9.17, 15) is 0 Å². The summed E-state index contributed by atoms with van der Waals surface area (Å²) in [7, 11) is 4.65. The van der Waals surface area contributed by atoms with E-state index >= 15 is 0 Å². The van der Waals surface area contributed by atoms with Gasteiger partial charge in [0, 0.05) is 6.04 Å². The number of likely N-dealkylation sites (N-methyl/N-ethyl adjacent to an activating group) is 1. The second kappa shape index (κ2) is 3.35. The zero-order valence-electron chi connectivity index (χ0n) is 9.17. The van der Waals surface area contributed by atoms with Crippen molar-refractivity contribution in [2.24, 2.45) is 0 Å². The Labute approximate surface area is 76.7 Å². The first kappa shape index (κ1) is 10.0. The van der Waals surface area contributed by atoms with Crippen molar-refractivity contribution in [3.63, 3.8) is 0 Å². The van der Waals surface area contributed by atoms with E-state index in [0.717, 1.165) is 16.6 Å². The quantitative estimate of drug-likeness (QED) is 0.569. The molecule has 0 saturated carbocycles. The summed E-state index contributed by atoms with van der Waals surface area (Å²) in [6.07, 6.45) is 1.27. The zero-order valence-corrected chi connectivity index (χ0v) is 9.17. The predicted molar refractivity (Wildman–Crippen MR) is 52.9 cm³/mol. The molecule has 0 N–H and O–H groups in total. The van der Waals surface area contributed by atoms with Crippen LogP contribution in [0.3, 0.4) is 0 Å². The Bertz CT molecular complexity index is 154. The Hall–Kier alpha value is -0.0800. The summed E-state index contributed by atoms with van der Waals surface area (Å²) in [5, 5.41) is 0. The topological polar surface area (TPSA) is 3.24 Å². The van der Waals surface area contributed by atoms with Crippen molar-refractivity contribution in [2.45, 2.75) is 39.3 Å². The van der Waals surface area contributed by atoms with Crippen LogP contribution in [0.2, 0.25) is 0 Å². The van der Waals surface area contributed by atoms with Crippen LogP contribution in [0.1, 0.15) is 27.2 Å². The molecule has 2 unspecified atom stereocenters. The van der Waals surface area contributed by atoms with Gasteiger partial charge in [0.2, 0.25) is 0 Å². The van der Waals surface area contributed by atoms with Crippen LogP contribution >= 0.6 is 0 Å². The summed E-state index contributed by atoms with van der Waals surface area (Å²) >= 11 is 0. The molecule has 0 aromatic rings. The predicted octanol–water partition coefficient (Wildman–Crippen LogP) is 1.52. The van der Waals surface area contributed by atoms with Gasteiger partial charge in [-0.15, -0.1) is 0 Å². The van der Waals surface area contributed by atoms with E-state index in [1.54, 1.807) is 0 Å². The molecule has 72 valence electrons. The molecule has 2 heteroatoms. The SMILES string of the molecule is CCC(C)N1CC(C)[N+](C)(C)C1. The lowest BCUT2D eigenvalue weighted by molar-refractivity contribution is -0.903. The first-order valence-corrected chi connectivity index (χ1v) is 5.04. The molecular weight excluding hydrogens is 148 g/mol. The van der Waals surface area contributed by atoms with Crippen molar-refractivity contribution in [3.8, 4) is 0 Å². The van der Waals surface area contributed by atoms with Crippen LogP contribution in [-0.4, -0.2) is 48.8 Å². The second-order valence-corrected chi connectivity index (χ2v) is 4.80. The van der Waals surface area contributed by atoms with Gasteiger partial charge in [-0.3, -0.25) is 0 Å². The highest BCUT2D eigenvalue weighted by molar-refractivity contribution is 4.71. The van der Waals surface area contributed by atoms with Crippen LogP contribution in [0.4, 0.5) is 0 Å². The number of rotatable bonds is 2. The van der Waals surface area contributed by atoms with E-state index in [1.807, 2.05) is 0 Å². The van der Waals surface area contributed by atoms with Crippen molar-refractivity contribution in [3.05, 3.63) is 0 Å². The van der Waals surface area contributed by atoms with Crippen LogP contribution in [0, 0.1) is 0 Å². The molecule has 2 atom stereocenters. The fourth-order valence-corrected chi connectivity index (χ4v) is 1.80. The molecule has 1 fully saturated rings. The average molecular weight is 171 g/mol. The molecule has 0 spiro atoms. The van der Waals surface area contributed by atoms with Gasteiger partial charge in [0.25, 0.3) is 0 Å². The summed E-state index contributed by atoms with van der Waals surface area (Å²) in [5.74, 6) is 0.